The molecule has 2 N–H and O–H groups in total. The lowest BCUT2D eigenvalue weighted by Crippen LogP contribution is -2.37. The molecule has 1 aliphatic heterocycles. The Morgan fingerprint density at radius 1 is 1.16 bits per heavy atom. The summed E-state index contributed by atoms with van der Waals surface area (Å²) in [5.41, 5.74) is 6.11. The lowest BCUT2D eigenvalue weighted by atomic mass is 10.2. The van der Waals surface area contributed by atoms with Crippen molar-refractivity contribution < 1.29 is 4.74 Å². The minimum Gasteiger partial charge on any atom is -0.378 e. The molecule has 1 fully saturated rings. The van der Waals surface area contributed by atoms with Gasteiger partial charge in [-0.25, -0.2) is 0 Å². The van der Waals surface area contributed by atoms with Gasteiger partial charge in [0, 0.05) is 19.3 Å². The van der Waals surface area contributed by atoms with E-state index in [4.69, 9.17) is 4.74 Å². The topological polar surface area (TPSA) is 78.4 Å². The van der Waals surface area contributed by atoms with E-state index < -0.39 is 0 Å². The van der Waals surface area contributed by atoms with E-state index >= 15 is 0 Å². The fourth-order valence-corrected chi connectivity index (χ4v) is 2.74. The van der Waals surface area contributed by atoms with Crippen molar-refractivity contribution in [3.63, 3.8) is 0 Å². The number of H-pyrrole nitrogens is 1. The maximum absolute atomic E-state index is 5.40. The summed E-state index contributed by atoms with van der Waals surface area (Å²) >= 11 is 0. The second-order valence-corrected chi connectivity index (χ2v) is 5.99. The van der Waals surface area contributed by atoms with Crippen molar-refractivity contribution in [2.75, 3.05) is 36.6 Å². The number of ether oxygens (including phenoxy) is 1. The van der Waals surface area contributed by atoms with Gasteiger partial charge in [-0.1, -0.05) is 29.8 Å². The predicted molar refractivity (Wildman–Crippen MR) is 99.3 cm³/mol. The van der Waals surface area contributed by atoms with Crippen LogP contribution in [0.5, 0.6) is 0 Å². The van der Waals surface area contributed by atoms with Gasteiger partial charge in [-0.05, 0) is 18.6 Å². The molecule has 0 unspecified atom stereocenters. The summed E-state index contributed by atoms with van der Waals surface area (Å²) in [6, 6.07) is 10.1. The molecule has 0 radical (unpaired) electrons. The number of hydrogen-bond donors (Lipinski definition) is 2. The number of nitrogens with zero attached hydrogens (tertiary/aromatic N) is 4. The van der Waals surface area contributed by atoms with Crippen LogP contribution in [0.4, 0.5) is 11.8 Å². The monoisotopic (exact) mass is 336 g/mol. The molecule has 128 valence electrons. The third-order valence-corrected chi connectivity index (χ3v) is 4.16. The average molecular weight is 336 g/mol. The van der Waals surface area contributed by atoms with Crippen LogP contribution >= 0.6 is 0 Å². The van der Waals surface area contributed by atoms with Gasteiger partial charge in [-0.3, -0.25) is 5.43 Å². The number of benzene rings is 1. The van der Waals surface area contributed by atoms with Crippen molar-refractivity contribution in [1.82, 2.24) is 15.0 Å². The summed E-state index contributed by atoms with van der Waals surface area (Å²) in [7, 11) is 0. The Morgan fingerprint density at radius 3 is 2.76 bits per heavy atom. The van der Waals surface area contributed by atoms with Crippen LogP contribution in [-0.4, -0.2) is 47.5 Å². The summed E-state index contributed by atoms with van der Waals surface area (Å²) in [4.78, 5) is 14.5. The largest absolute Gasteiger partial charge is 0.378 e. The molecule has 3 aromatic rings. The summed E-state index contributed by atoms with van der Waals surface area (Å²) in [5.74, 6) is 1.38. The number of aromatic nitrogens is 3. The van der Waals surface area contributed by atoms with Crippen LogP contribution in [0.1, 0.15) is 11.1 Å². The van der Waals surface area contributed by atoms with E-state index in [0.29, 0.717) is 25.0 Å². The number of hydrazone groups is 1. The molecule has 7 nitrogen and oxygen atoms in total. The van der Waals surface area contributed by atoms with Crippen LogP contribution in [0.15, 0.2) is 41.6 Å². The quantitative estimate of drug-likeness (QED) is 0.565. The van der Waals surface area contributed by atoms with Crippen molar-refractivity contribution in [1.29, 1.82) is 0 Å². The normalized spacial score (nSPS) is 15.2. The maximum atomic E-state index is 5.40. The number of rotatable bonds is 4. The van der Waals surface area contributed by atoms with Crippen molar-refractivity contribution in [2.45, 2.75) is 6.92 Å². The number of anilines is 2. The average Bonchev–Trinajstić information content (AvgIpc) is 3.13. The molecule has 0 atom stereocenters. The fraction of sp³-hybridized carbons (Fsp3) is 0.278. The summed E-state index contributed by atoms with van der Waals surface area (Å²) in [5, 5.41) is 5.25. The SMILES string of the molecule is Cc1ccc(/C=N/Nc2nc(N3CCOCC3)nc3[nH]ccc23)cc1. The minimum absolute atomic E-state index is 0.686. The van der Waals surface area contributed by atoms with Gasteiger partial charge >= 0.3 is 0 Å². The molecule has 7 heteroatoms. The molecule has 1 aliphatic rings. The van der Waals surface area contributed by atoms with Gasteiger partial charge in [0.1, 0.15) is 5.65 Å². The molecule has 1 aromatic carbocycles. The maximum Gasteiger partial charge on any atom is 0.229 e. The third kappa shape index (κ3) is 3.46. The minimum atomic E-state index is 0.686. The number of aromatic amines is 1. The number of hydrogen-bond acceptors (Lipinski definition) is 6. The van der Waals surface area contributed by atoms with E-state index in [1.165, 1.54) is 5.56 Å². The highest BCUT2D eigenvalue weighted by Crippen LogP contribution is 2.23. The highest BCUT2D eigenvalue weighted by atomic mass is 16.5. The Labute approximate surface area is 145 Å². The first-order chi connectivity index (χ1) is 12.3. The molecule has 25 heavy (non-hydrogen) atoms. The Bertz CT molecular complexity index is 880. The van der Waals surface area contributed by atoms with E-state index in [-0.39, 0.29) is 0 Å². The fourth-order valence-electron chi connectivity index (χ4n) is 2.74. The molecular formula is C18H20N6O. The first-order valence-electron chi connectivity index (χ1n) is 8.33. The summed E-state index contributed by atoms with van der Waals surface area (Å²) in [6.07, 6.45) is 3.64. The number of nitrogens with one attached hydrogen (secondary N) is 2. The first kappa shape index (κ1) is 15.6. The van der Waals surface area contributed by atoms with Crippen LogP contribution in [0.25, 0.3) is 11.0 Å². The first-order valence-corrected chi connectivity index (χ1v) is 8.33. The van der Waals surface area contributed by atoms with Gasteiger partial charge in [0.15, 0.2) is 5.82 Å². The van der Waals surface area contributed by atoms with Crippen LogP contribution in [0.3, 0.4) is 0 Å². The summed E-state index contributed by atoms with van der Waals surface area (Å²) < 4.78 is 5.40. The van der Waals surface area contributed by atoms with Crippen molar-refractivity contribution >= 4 is 29.0 Å². The van der Waals surface area contributed by atoms with E-state index in [9.17, 15) is 0 Å². The van der Waals surface area contributed by atoms with Crippen LogP contribution < -0.4 is 10.3 Å². The Hall–Kier alpha value is -2.93. The van der Waals surface area contributed by atoms with E-state index in [1.54, 1.807) is 6.21 Å². The highest BCUT2D eigenvalue weighted by molar-refractivity contribution is 5.89. The van der Waals surface area contributed by atoms with Gasteiger partial charge in [0.2, 0.25) is 5.95 Å². The van der Waals surface area contributed by atoms with Gasteiger partial charge in [0.05, 0.1) is 24.8 Å². The molecule has 0 spiro atoms. The number of fused-ring (bicyclic) bond motifs is 1. The van der Waals surface area contributed by atoms with Gasteiger partial charge in [0.25, 0.3) is 0 Å². The van der Waals surface area contributed by atoms with E-state index in [2.05, 4.69) is 49.4 Å². The zero-order chi connectivity index (χ0) is 17.1. The second kappa shape index (κ2) is 6.90. The molecule has 2 aromatic heterocycles. The molecule has 0 saturated carbocycles. The zero-order valence-corrected chi connectivity index (χ0v) is 14.1. The zero-order valence-electron chi connectivity index (χ0n) is 14.1. The molecule has 3 heterocycles. The smallest absolute Gasteiger partial charge is 0.229 e. The van der Waals surface area contributed by atoms with Crippen molar-refractivity contribution in [3.8, 4) is 0 Å². The molecule has 0 amide bonds. The number of morpholine rings is 1. The van der Waals surface area contributed by atoms with Crippen LogP contribution in [-0.2, 0) is 4.74 Å². The highest BCUT2D eigenvalue weighted by Gasteiger charge is 2.16. The Morgan fingerprint density at radius 2 is 1.96 bits per heavy atom. The van der Waals surface area contributed by atoms with Gasteiger partial charge in [-0.2, -0.15) is 15.1 Å². The molecule has 0 aliphatic carbocycles. The Kier molecular flexibility index (Phi) is 4.30. The predicted octanol–water partition coefficient (Wildman–Crippen LogP) is 2.55. The lowest BCUT2D eigenvalue weighted by Gasteiger charge is -2.26. The van der Waals surface area contributed by atoms with Gasteiger partial charge in [-0.15, -0.1) is 0 Å². The second-order valence-electron chi connectivity index (χ2n) is 5.99. The standard InChI is InChI=1S/C18H20N6O/c1-13-2-4-14(5-3-13)12-20-23-17-15-6-7-19-16(15)21-18(22-17)24-8-10-25-11-9-24/h2-7,12H,8-11H2,1H3,(H2,19,21,22,23)/b20-12+. The number of aryl methyl sites for hydroxylation is 1. The lowest BCUT2D eigenvalue weighted by molar-refractivity contribution is 0.122. The van der Waals surface area contributed by atoms with Crippen LogP contribution in [0, 0.1) is 6.92 Å². The molecule has 0 bridgehead atoms. The van der Waals surface area contributed by atoms with Gasteiger partial charge < -0.3 is 14.6 Å². The van der Waals surface area contributed by atoms with Crippen molar-refractivity contribution in [3.05, 3.63) is 47.7 Å². The third-order valence-electron chi connectivity index (χ3n) is 4.16. The van der Waals surface area contributed by atoms with Crippen molar-refractivity contribution in [2.24, 2.45) is 5.10 Å². The Balaban J connectivity index is 1.59. The molecule has 4 rings (SSSR count). The van der Waals surface area contributed by atoms with E-state index in [1.807, 2.05) is 24.4 Å². The summed E-state index contributed by atoms with van der Waals surface area (Å²) in [6.45, 7) is 5.04. The molecular weight excluding hydrogens is 316 g/mol. The van der Waals surface area contributed by atoms with E-state index in [0.717, 1.165) is 29.7 Å². The van der Waals surface area contributed by atoms with Crippen LogP contribution in [0.2, 0.25) is 0 Å². The molecule has 1 saturated heterocycles.